The number of unbranched alkanes of at least 4 members (excludes halogenated alkanes) is 1. The molecule has 5 N–H and O–H groups in total. The molecule has 0 bridgehead atoms. The van der Waals surface area contributed by atoms with E-state index in [0.29, 0.717) is 42.2 Å². The average molecular weight is 669 g/mol. The highest BCUT2D eigenvalue weighted by Gasteiger charge is 2.47. The highest BCUT2D eigenvalue weighted by Crippen LogP contribution is 2.38. The van der Waals surface area contributed by atoms with E-state index in [9.17, 15) is 40.7 Å². The Morgan fingerprint density at radius 1 is 0.886 bits per heavy atom. The normalized spacial score (nSPS) is 20.4. The second kappa shape index (κ2) is 13.3. The summed E-state index contributed by atoms with van der Waals surface area (Å²) in [6.45, 7) is 0.371. The van der Waals surface area contributed by atoms with Crippen LogP contribution in [-0.2, 0) is 17.1 Å². The number of benzene rings is 2. The maximum atomic E-state index is 13.6. The molecular formula is C27H28Cl2F6N6O3. The summed E-state index contributed by atoms with van der Waals surface area (Å²) in [6, 6.07) is 1.51. The van der Waals surface area contributed by atoms with E-state index in [1.54, 1.807) is 6.07 Å². The van der Waals surface area contributed by atoms with Gasteiger partial charge in [0.25, 0.3) is 0 Å². The summed E-state index contributed by atoms with van der Waals surface area (Å²) < 4.78 is 80.1. The van der Waals surface area contributed by atoms with E-state index in [1.807, 2.05) is 0 Å². The number of hydrogen-bond donors (Lipinski definition) is 4. The molecule has 17 heteroatoms. The lowest BCUT2D eigenvalue weighted by atomic mass is 10.0. The number of hydrogen-bond acceptors (Lipinski definition) is 4. The molecular weight excluding hydrogens is 641 g/mol. The predicted molar refractivity (Wildman–Crippen MR) is 151 cm³/mol. The Morgan fingerprint density at radius 3 is 2.14 bits per heavy atom. The topological polar surface area (TPSA) is 120 Å². The van der Waals surface area contributed by atoms with Crippen molar-refractivity contribution in [1.29, 1.82) is 0 Å². The van der Waals surface area contributed by atoms with Crippen molar-refractivity contribution < 1.29 is 40.7 Å². The van der Waals surface area contributed by atoms with Crippen molar-refractivity contribution in [3.63, 3.8) is 0 Å². The molecule has 0 unspecified atom stereocenters. The quantitative estimate of drug-likeness (QED) is 0.208. The minimum Gasteiger partial charge on any atom is -0.334 e. The summed E-state index contributed by atoms with van der Waals surface area (Å²) in [5.74, 6) is -0.456. The zero-order valence-electron chi connectivity index (χ0n) is 22.9. The molecule has 0 aliphatic carbocycles. The molecule has 44 heavy (non-hydrogen) atoms. The molecule has 2 heterocycles. The minimum absolute atomic E-state index is 0.0447. The van der Waals surface area contributed by atoms with Gasteiger partial charge in [-0.1, -0.05) is 23.2 Å². The zero-order chi connectivity index (χ0) is 32.4. The predicted octanol–water partition coefficient (Wildman–Crippen LogP) is 6.17. The van der Waals surface area contributed by atoms with E-state index in [-0.39, 0.29) is 37.0 Å². The van der Waals surface area contributed by atoms with Crippen molar-refractivity contribution in [2.45, 2.75) is 56.2 Å². The van der Waals surface area contributed by atoms with Gasteiger partial charge < -0.3 is 31.5 Å². The molecule has 0 radical (unpaired) electrons. The van der Waals surface area contributed by atoms with Crippen LogP contribution in [0.4, 0.5) is 47.3 Å². The Balaban J connectivity index is 1.51. The Kier molecular flexibility index (Phi) is 10.1. The van der Waals surface area contributed by atoms with E-state index < -0.39 is 65.3 Å². The largest absolute Gasteiger partial charge is 0.416 e. The molecule has 9 nitrogen and oxygen atoms in total. The first kappa shape index (κ1) is 33.5. The second-order valence-electron chi connectivity index (χ2n) is 10.5. The first-order valence-corrected chi connectivity index (χ1v) is 14.2. The van der Waals surface area contributed by atoms with E-state index in [2.05, 4.69) is 16.0 Å². The maximum absolute atomic E-state index is 13.6. The van der Waals surface area contributed by atoms with Gasteiger partial charge in [0.1, 0.15) is 6.04 Å². The summed E-state index contributed by atoms with van der Waals surface area (Å²) in [5.41, 5.74) is 2.03. The molecule has 2 aliphatic rings. The van der Waals surface area contributed by atoms with Gasteiger partial charge in [0.15, 0.2) is 0 Å². The van der Waals surface area contributed by atoms with Crippen LogP contribution in [-0.4, -0.2) is 65.5 Å². The number of fused-ring (bicyclic) bond motifs is 1. The van der Waals surface area contributed by atoms with E-state index >= 15 is 0 Å². The van der Waals surface area contributed by atoms with Crippen LogP contribution in [0.25, 0.3) is 0 Å². The zero-order valence-corrected chi connectivity index (χ0v) is 24.4. The van der Waals surface area contributed by atoms with Gasteiger partial charge in [0, 0.05) is 24.5 Å². The molecule has 0 aromatic heterocycles. The van der Waals surface area contributed by atoms with Gasteiger partial charge in [-0.05, 0) is 68.6 Å². The fraction of sp³-hybridized carbons (Fsp3) is 0.444. The standard InChI is InChI=1S/C27H28Cl2F6N6O3/c28-20-5-4-16(11-21(20)29)37-24(43)38-18-10-19-13-41(22(3-1-2-6-36)23(42)40(19)12-18)25(44)39-17-8-14(26(30,31)32)7-15(9-17)27(33,34)35/h4-5,7-9,11,18-19,22H,1-3,6,10,12-13,36H2,(H,39,44)(H2,37,38,43)/t18-,19+,22+/m0/s1. The van der Waals surface area contributed by atoms with Crippen LogP contribution in [0.15, 0.2) is 36.4 Å². The fourth-order valence-corrected chi connectivity index (χ4v) is 5.58. The lowest BCUT2D eigenvalue weighted by Gasteiger charge is -2.42. The van der Waals surface area contributed by atoms with Crippen molar-refractivity contribution in [2.75, 3.05) is 30.3 Å². The van der Waals surface area contributed by atoms with E-state index in [0.717, 1.165) is 4.90 Å². The molecule has 2 aromatic rings. The number of anilines is 2. The van der Waals surface area contributed by atoms with Crippen LogP contribution < -0.4 is 21.7 Å². The van der Waals surface area contributed by atoms with Crippen LogP contribution in [0.5, 0.6) is 0 Å². The molecule has 0 spiro atoms. The molecule has 4 rings (SSSR count). The van der Waals surface area contributed by atoms with Gasteiger partial charge >= 0.3 is 24.4 Å². The summed E-state index contributed by atoms with van der Waals surface area (Å²) in [5, 5.41) is 8.03. The third-order valence-corrected chi connectivity index (χ3v) is 8.05. The number of carbonyl (C=O) groups excluding carboxylic acids is 3. The van der Waals surface area contributed by atoms with Gasteiger partial charge in [-0.25, -0.2) is 9.59 Å². The van der Waals surface area contributed by atoms with Gasteiger partial charge in [-0.15, -0.1) is 0 Å². The maximum Gasteiger partial charge on any atom is 0.416 e. The number of urea groups is 2. The minimum atomic E-state index is -5.11. The van der Waals surface area contributed by atoms with Crippen molar-refractivity contribution in [2.24, 2.45) is 5.73 Å². The smallest absolute Gasteiger partial charge is 0.334 e. The first-order chi connectivity index (χ1) is 20.6. The third-order valence-electron chi connectivity index (χ3n) is 7.31. The summed E-state index contributed by atoms with van der Waals surface area (Å²) in [4.78, 5) is 42.1. The summed E-state index contributed by atoms with van der Waals surface area (Å²) in [7, 11) is 0. The Hall–Kier alpha value is -3.43. The monoisotopic (exact) mass is 668 g/mol. The van der Waals surface area contributed by atoms with Crippen molar-refractivity contribution in [3.05, 3.63) is 57.6 Å². The number of halogens is 8. The van der Waals surface area contributed by atoms with Crippen molar-refractivity contribution >= 4 is 52.5 Å². The van der Waals surface area contributed by atoms with Crippen molar-refractivity contribution in [1.82, 2.24) is 15.1 Å². The van der Waals surface area contributed by atoms with Crippen LogP contribution in [0.2, 0.25) is 10.0 Å². The van der Waals surface area contributed by atoms with Gasteiger partial charge in [-0.3, -0.25) is 4.79 Å². The van der Waals surface area contributed by atoms with E-state index in [1.165, 1.54) is 17.0 Å². The third kappa shape index (κ3) is 7.99. The number of rotatable bonds is 7. The van der Waals surface area contributed by atoms with Crippen LogP contribution in [0, 0.1) is 0 Å². The first-order valence-electron chi connectivity index (χ1n) is 13.5. The Morgan fingerprint density at radius 2 is 1.55 bits per heavy atom. The highest BCUT2D eigenvalue weighted by atomic mass is 35.5. The number of piperazine rings is 1. The average Bonchev–Trinajstić information content (AvgIpc) is 3.33. The summed E-state index contributed by atoms with van der Waals surface area (Å²) >= 11 is 11.9. The molecule has 2 saturated heterocycles. The molecule has 240 valence electrons. The number of nitrogens with zero attached hydrogens (tertiary/aromatic N) is 2. The van der Waals surface area contributed by atoms with Crippen LogP contribution in [0.1, 0.15) is 36.8 Å². The number of amides is 5. The number of nitrogens with one attached hydrogen (secondary N) is 3. The molecule has 2 fully saturated rings. The van der Waals surface area contributed by atoms with Gasteiger partial charge in [-0.2, -0.15) is 26.3 Å². The number of carbonyl (C=O) groups is 3. The second-order valence-corrected chi connectivity index (χ2v) is 11.3. The fourth-order valence-electron chi connectivity index (χ4n) is 5.28. The van der Waals surface area contributed by atoms with E-state index in [4.69, 9.17) is 28.9 Å². The highest BCUT2D eigenvalue weighted by molar-refractivity contribution is 6.42. The molecule has 0 saturated carbocycles. The Labute approximate surface area is 258 Å². The molecule has 3 atom stereocenters. The van der Waals surface area contributed by atoms with Crippen LogP contribution >= 0.6 is 23.2 Å². The lowest BCUT2D eigenvalue weighted by molar-refractivity contribution is -0.143. The summed E-state index contributed by atoms with van der Waals surface area (Å²) in [6.07, 6.45) is -8.86. The molecule has 2 aliphatic heterocycles. The number of alkyl halides is 6. The Bertz CT molecular complexity index is 1380. The molecule has 2 aromatic carbocycles. The molecule has 5 amide bonds. The lowest BCUT2D eigenvalue weighted by Crippen LogP contribution is -2.62. The number of nitrogens with two attached hydrogens (primary N) is 1. The van der Waals surface area contributed by atoms with Crippen molar-refractivity contribution in [3.8, 4) is 0 Å². The van der Waals surface area contributed by atoms with Crippen LogP contribution in [0.3, 0.4) is 0 Å². The van der Waals surface area contributed by atoms with Gasteiger partial charge in [0.2, 0.25) is 5.91 Å². The SMILES string of the molecule is NCCCC[C@@H]1C(=O)N2C[C@@H](NC(=O)Nc3ccc(Cl)c(Cl)c3)C[C@@H]2CN1C(=O)Nc1cc(C(F)(F)F)cc(C(F)(F)F)c1. The van der Waals surface area contributed by atoms with Gasteiger partial charge in [0.05, 0.1) is 33.3 Å².